The molecule has 0 amide bonds. The van der Waals surface area contributed by atoms with Gasteiger partial charge in [-0.05, 0) is 38.2 Å². The Labute approximate surface area is 109 Å². The van der Waals surface area contributed by atoms with E-state index in [1.54, 1.807) is 0 Å². The Kier molecular flexibility index (Phi) is 2.98. The van der Waals surface area contributed by atoms with E-state index in [4.69, 9.17) is 0 Å². The van der Waals surface area contributed by atoms with Crippen LogP contribution in [0.5, 0.6) is 0 Å². The fraction of sp³-hybridized carbons (Fsp3) is 0.714. The van der Waals surface area contributed by atoms with Crippen LogP contribution in [0, 0.1) is 25.7 Å². The van der Waals surface area contributed by atoms with Gasteiger partial charge in [-0.15, -0.1) is 0 Å². The van der Waals surface area contributed by atoms with Gasteiger partial charge in [0.25, 0.3) is 0 Å². The molecule has 4 nitrogen and oxygen atoms in total. The highest BCUT2D eigenvalue weighted by Gasteiger charge is 2.44. The molecular weight excluding hydrogens is 224 g/mol. The summed E-state index contributed by atoms with van der Waals surface area (Å²) in [6.45, 7) is 9.81. The van der Waals surface area contributed by atoms with Gasteiger partial charge in [-0.2, -0.15) is 0 Å². The lowest BCUT2D eigenvalue weighted by Crippen LogP contribution is -2.36. The van der Waals surface area contributed by atoms with Crippen LogP contribution in [0.3, 0.4) is 0 Å². The molecule has 4 heteroatoms. The molecular formula is C14H22N4. The minimum absolute atomic E-state index is 0.603. The summed E-state index contributed by atoms with van der Waals surface area (Å²) in [4.78, 5) is 11.7. The van der Waals surface area contributed by atoms with E-state index in [0.29, 0.717) is 6.04 Å². The van der Waals surface area contributed by atoms with Gasteiger partial charge in [0.05, 0.1) is 0 Å². The first-order valence-corrected chi connectivity index (χ1v) is 6.98. The lowest BCUT2D eigenvalue weighted by molar-refractivity contribution is 0.440. The van der Waals surface area contributed by atoms with Crippen LogP contribution in [0.2, 0.25) is 0 Å². The number of nitrogens with one attached hydrogen (secondary N) is 1. The minimum Gasteiger partial charge on any atom is -0.337 e. The van der Waals surface area contributed by atoms with Gasteiger partial charge in [-0.3, -0.25) is 0 Å². The van der Waals surface area contributed by atoms with E-state index in [-0.39, 0.29) is 0 Å². The van der Waals surface area contributed by atoms with Gasteiger partial charge in [0.1, 0.15) is 0 Å². The third-order valence-electron chi connectivity index (χ3n) is 4.36. The Morgan fingerprint density at radius 1 is 1.28 bits per heavy atom. The number of nitrogens with zero attached hydrogens (tertiary/aromatic N) is 3. The average molecular weight is 246 g/mol. The second kappa shape index (κ2) is 4.50. The summed E-state index contributed by atoms with van der Waals surface area (Å²) >= 11 is 0. The maximum atomic E-state index is 4.64. The first-order valence-electron chi connectivity index (χ1n) is 6.98. The number of aryl methyl sites for hydroxylation is 2. The van der Waals surface area contributed by atoms with Gasteiger partial charge >= 0.3 is 0 Å². The maximum Gasteiger partial charge on any atom is 0.226 e. The molecule has 3 rings (SSSR count). The SMILES string of the molecule is CCC1C2CNCC2CN1c1nc(C)cc(C)n1. The fourth-order valence-corrected chi connectivity index (χ4v) is 3.61. The summed E-state index contributed by atoms with van der Waals surface area (Å²) in [5, 5.41) is 3.52. The second-order valence-electron chi connectivity index (χ2n) is 5.66. The predicted octanol–water partition coefficient (Wildman–Crippen LogP) is 1.53. The average Bonchev–Trinajstić information content (AvgIpc) is 2.86. The normalized spacial score (nSPS) is 30.8. The lowest BCUT2D eigenvalue weighted by atomic mass is 9.93. The van der Waals surface area contributed by atoms with Crippen LogP contribution in [0.1, 0.15) is 24.7 Å². The van der Waals surface area contributed by atoms with E-state index in [0.717, 1.165) is 48.8 Å². The van der Waals surface area contributed by atoms with Gasteiger partial charge in [0.15, 0.2) is 0 Å². The molecule has 1 aromatic heterocycles. The summed E-state index contributed by atoms with van der Waals surface area (Å²) in [6, 6.07) is 2.65. The van der Waals surface area contributed by atoms with Crippen molar-refractivity contribution >= 4 is 5.95 Å². The van der Waals surface area contributed by atoms with E-state index in [1.165, 1.54) is 6.42 Å². The Morgan fingerprint density at radius 3 is 2.67 bits per heavy atom. The topological polar surface area (TPSA) is 41.0 Å². The zero-order valence-electron chi connectivity index (χ0n) is 11.5. The van der Waals surface area contributed by atoms with Crippen molar-refractivity contribution in [2.45, 2.75) is 33.2 Å². The van der Waals surface area contributed by atoms with E-state index in [9.17, 15) is 0 Å². The highest BCUT2D eigenvalue weighted by molar-refractivity contribution is 5.37. The zero-order valence-corrected chi connectivity index (χ0v) is 11.5. The smallest absolute Gasteiger partial charge is 0.226 e. The number of hydrogen-bond acceptors (Lipinski definition) is 4. The molecule has 2 aliphatic rings. The summed E-state index contributed by atoms with van der Waals surface area (Å²) in [7, 11) is 0. The van der Waals surface area contributed by atoms with Gasteiger partial charge in [0.2, 0.25) is 5.95 Å². The first-order chi connectivity index (χ1) is 8.69. The summed E-state index contributed by atoms with van der Waals surface area (Å²) in [5.74, 6) is 2.49. The largest absolute Gasteiger partial charge is 0.337 e. The van der Waals surface area contributed by atoms with Crippen LogP contribution < -0.4 is 10.2 Å². The molecule has 0 radical (unpaired) electrons. The molecule has 3 heterocycles. The standard InChI is InChI=1S/C14H22N4/c1-4-13-12-7-15-6-11(12)8-18(13)14-16-9(2)5-10(3)17-14/h5,11-13,15H,4,6-8H2,1-3H3. The van der Waals surface area contributed by atoms with Crippen molar-refractivity contribution in [3.05, 3.63) is 17.5 Å². The molecule has 98 valence electrons. The summed E-state index contributed by atoms with van der Waals surface area (Å²) in [6.07, 6.45) is 1.18. The Hall–Kier alpha value is -1.16. The number of fused-ring (bicyclic) bond motifs is 1. The van der Waals surface area contributed by atoms with Crippen molar-refractivity contribution in [1.29, 1.82) is 0 Å². The van der Waals surface area contributed by atoms with Gasteiger partial charge in [-0.25, -0.2) is 9.97 Å². The first kappa shape index (κ1) is 11.9. The van der Waals surface area contributed by atoms with Gasteiger partial charge in [-0.1, -0.05) is 6.92 Å². The molecule has 2 fully saturated rings. The minimum atomic E-state index is 0.603. The number of anilines is 1. The molecule has 2 saturated heterocycles. The summed E-state index contributed by atoms with van der Waals surface area (Å²) in [5.41, 5.74) is 2.14. The van der Waals surface area contributed by atoms with Gasteiger partial charge in [0, 0.05) is 37.1 Å². The molecule has 3 atom stereocenters. The third kappa shape index (κ3) is 1.88. The van der Waals surface area contributed by atoms with E-state index >= 15 is 0 Å². The molecule has 3 unspecified atom stereocenters. The van der Waals surface area contributed by atoms with Gasteiger partial charge < -0.3 is 10.2 Å². The van der Waals surface area contributed by atoms with Crippen molar-refractivity contribution in [2.75, 3.05) is 24.5 Å². The quantitative estimate of drug-likeness (QED) is 0.859. The lowest BCUT2D eigenvalue weighted by Gasteiger charge is -2.27. The van der Waals surface area contributed by atoms with Crippen molar-refractivity contribution in [3.63, 3.8) is 0 Å². The van der Waals surface area contributed by atoms with E-state index in [1.807, 2.05) is 6.07 Å². The molecule has 0 aromatic carbocycles. The Morgan fingerprint density at radius 2 is 2.00 bits per heavy atom. The maximum absolute atomic E-state index is 4.64. The Bertz CT molecular complexity index is 425. The molecule has 0 spiro atoms. The van der Waals surface area contributed by atoms with Crippen molar-refractivity contribution in [2.24, 2.45) is 11.8 Å². The highest BCUT2D eigenvalue weighted by atomic mass is 15.3. The predicted molar refractivity (Wildman–Crippen MR) is 72.8 cm³/mol. The Balaban J connectivity index is 1.91. The number of rotatable bonds is 2. The van der Waals surface area contributed by atoms with Crippen LogP contribution in [0.15, 0.2) is 6.07 Å². The molecule has 0 saturated carbocycles. The summed E-state index contributed by atoms with van der Waals surface area (Å²) < 4.78 is 0. The second-order valence-corrected chi connectivity index (χ2v) is 5.66. The van der Waals surface area contributed by atoms with Crippen molar-refractivity contribution < 1.29 is 0 Å². The van der Waals surface area contributed by atoms with Crippen LogP contribution >= 0.6 is 0 Å². The third-order valence-corrected chi connectivity index (χ3v) is 4.36. The van der Waals surface area contributed by atoms with Crippen LogP contribution in [0.25, 0.3) is 0 Å². The molecule has 18 heavy (non-hydrogen) atoms. The number of hydrogen-bond donors (Lipinski definition) is 1. The fourth-order valence-electron chi connectivity index (χ4n) is 3.61. The van der Waals surface area contributed by atoms with Crippen molar-refractivity contribution in [1.82, 2.24) is 15.3 Å². The highest BCUT2D eigenvalue weighted by Crippen LogP contribution is 2.36. The molecule has 0 bridgehead atoms. The zero-order chi connectivity index (χ0) is 12.7. The molecule has 0 aliphatic carbocycles. The van der Waals surface area contributed by atoms with Crippen molar-refractivity contribution in [3.8, 4) is 0 Å². The number of aromatic nitrogens is 2. The van der Waals surface area contributed by atoms with Crippen LogP contribution in [-0.2, 0) is 0 Å². The molecule has 1 aromatic rings. The monoisotopic (exact) mass is 246 g/mol. The van der Waals surface area contributed by atoms with Crippen LogP contribution in [0.4, 0.5) is 5.95 Å². The van der Waals surface area contributed by atoms with E-state index < -0.39 is 0 Å². The molecule has 1 N–H and O–H groups in total. The van der Waals surface area contributed by atoms with E-state index in [2.05, 4.69) is 41.0 Å². The van der Waals surface area contributed by atoms with Crippen LogP contribution in [-0.4, -0.2) is 35.6 Å². The molecule has 2 aliphatic heterocycles.